The van der Waals surface area contributed by atoms with Crippen LogP contribution in [0.3, 0.4) is 0 Å². The number of methoxy groups -OCH3 is 1. The third kappa shape index (κ3) is 10.4. The fraction of sp³-hybridized carbons (Fsp3) is 0.568. The first-order valence-corrected chi connectivity index (χ1v) is 17.0. The average Bonchev–Trinajstić information content (AvgIpc) is 3.59. The third-order valence-corrected chi connectivity index (χ3v) is 8.86. The van der Waals surface area contributed by atoms with E-state index in [1.807, 2.05) is 30.9 Å². The monoisotopic (exact) mass is 718 g/mol. The summed E-state index contributed by atoms with van der Waals surface area (Å²) in [6.45, 7) is 11.9. The topological polar surface area (TPSA) is 132 Å². The Morgan fingerprint density at radius 3 is 2.43 bits per heavy atom. The van der Waals surface area contributed by atoms with Crippen LogP contribution < -0.4 is 5.32 Å². The van der Waals surface area contributed by atoms with Crippen molar-refractivity contribution in [3.8, 4) is 11.3 Å². The van der Waals surface area contributed by atoms with Crippen molar-refractivity contribution in [3.05, 3.63) is 53.3 Å². The van der Waals surface area contributed by atoms with Crippen molar-refractivity contribution < 1.29 is 46.9 Å². The summed E-state index contributed by atoms with van der Waals surface area (Å²) in [7, 11) is 1.51. The number of alkyl halides is 3. The Hall–Kier alpha value is -4.17. The van der Waals surface area contributed by atoms with Gasteiger partial charge in [-0.05, 0) is 88.4 Å². The maximum absolute atomic E-state index is 14.3. The Morgan fingerprint density at radius 1 is 1.12 bits per heavy atom. The van der Waals surface area contributed by atoms with E-state index in [1.165, 1.54) is 18.6 Å². The molecule has 11 nitrogen and oxygen atoms in total. The van der Waals surface area contributed by atoms with Gasteiger partial charge >= 0.3 is 24.2 Å². The quantitative estimate of drug-likeness (QED) is 0.182. The van der Waals surface area contributed by atoms with Gasteiger partial charge in [0.15, 0.2) is 0 Å². The smallest absolute Gasteiger partial charge is 0.408 e. The van der Waals surface area contributed by atoms with Gasteiger partial charge in [-0.15, -0.1) is 0 Å². The van der Waals surface area contributed by atoms with E-state index >= 15 is 0 Å². The van der Waals surface area contributed by atoms with Crippen LogP contribution in [-0.4, -0.2) is 88.8 Å². The van der Waals surface area contributed by atoms with Crippen molar-refractivity contribution in [2.24, 2.45) is 5.41 Å². The van der Waals surface area contributed by atoms with Crippen molar-refractivity contribution in [3.63, 3.8) is 0 Å². The molecule has 0 radical (unpaired) electrons. The van der Waals surface area contributed by atoms with Crippen LogP contribution in [0.5, 0.6) is 0 Å². The molecule has 0 spiro atoms. The fourth-order valence-corrected chi connectivity index (χ4v) is 6.57. The van der Waals surface area contributed by atoms with E-state index in [2.05, 4.69) is 10.3 Å². The molecule has 2 N–H and O–H groups in total. The highest BCUT2D eigenvalue weighted by Gasteiger charge is 2.36. The molecule has 3 aromatic rings. The molecular weight excluding hydrogens is 669 g/mol. The number of hydrogen-bond acceptors (Lipinski definition) is 8. The lowest BCUT2D eigenvalue weighted by Gasteiger charge is -2.25. The lowest BCUT2D eigenvalue weighted by atomic mass is 9.84. The molecule has 51 heavy (non-hydrogen) atoms. The fourth-order valence-electron chi connectivity index (χ4n) is 6.57. The van der Waals surface area contributed by atoms with Gasteiger partial charge in [0.2, 0.25) is 0 Å². The predicted octanol–water partition coefficient (Wildman–Crippen LogP) is 6.87. The summed E-state index contributed by atoms with van der Waals surface area (Å²) in [6, 6.07) is 7.71. The van der Waals surface area contributed by atoms with Crippen LogP contribution in [0.25, 0.3) is 22.2 Å². The van der Waals surface area contributed by atoms with Gasteiger partial charge in [0.05, 0.1) is 24.1 Å². The second-order valence-electron chi connectivity index (χ2n) is 15.0. The molecule has 280 valence electrons. The molecule has 2 aromatic heterocycles. The van der Waals surface area contributed by atoms with Gasteiger partial charge in [0.1, 0.15) is 18.2 Å². The Labute approximate surface area is 296 Å². The number of hydrogen-bond donors (Lipinski definition) is 2. The summed E-state index contributed by atoms with van der Waals surface area (Å²) in [5.74, 6) is -1.70. The number of carboxylic acid groups (broad SMARTS) is 1. The Balaban J connectivity index is 1.79. The Kier molecular flexibility index (Phi) is 12.1. The van der Waals surface area contributed by atoms with Crippen molar-refractivity contribution in [2.45, 2.75) is 97.7 Å². The number of carbonyl (C=O) groups is 3. The van der Waals surface area contributed by atoms with E-state index in [4.69, 9.17) is 14.2 Å². The summed E-state index contributed by atoms with van der Waals surface area (Å²) in [4.78, 5) is 42.6. The van der Waals surface area contributed by atoms with E-state index in [0.29, 0.717) is 52.9 Å². The number of aromatic nitrogens is 2. The second kappa shape index (κ2) is 15.6. The molecule has 1 fully saturated rings. The molecule has 0 aliphatic carbocycles. The number of nitrogens with zero attached hydrogens (tertiary/aromatic N) is 3. The first-order chi connectivity index (χ1) is 23.7. The first kappa shape index (κ1) is 39.6. The van der Waals surface area contributed by atoms with Crippen LogP contribution in [0.2, 0.25) is 0 Å². The number of benzene rings is 1. The molecule has 1 amide bonds. The second-order valence-corrected chi connectivity index (χ2v) is 15.0. The largest absolute Gasteiger partial charge is 0.480 e. The zero-order valence-corrected chi connectivity index (χ0v) is 30.5. The number of rotatable bonds is 13. The molecule has 1 saturated heterocycles. The number of nitrogens with one attached hydrogen (secondary N) is 1. The van der Waals surface area contributed by atoms with Crippen molar-refractivity contribution in [2.75, 3.05) is 33.4 Å². The zero-order chi connectivity index (χ0) is 37.9. The van der Waals surface area contributed by atoms with E-state index in [0.717, 1.165) is 5.56 Å². The molecule has 1 unspecified atom stereocenters. The number of carbonyl (C=O) groups excluding carboxylic acids is 2. The number of halogens is 3. The summed E-state index contributed by atoms with van der Waals surface area (Å²) in [5, 5.41) is 12.9. The molecule has 0 bridgehead atoms. The molecule has 4 rings (SSSR count). The number of aliphatic carboxylic acids is 1. The minimum atomic E-state index is -4.54. The maximum Gasteiger partial charge on any atom is 0.408 e. The zero-order valence-electron chi connectivity index (χ0n) is 30.5. The van der Waals surface area contributed by atoms with Crippen LogP contribution >= 0.6 is 0 Å². The van der Waals surface area contributed by atoms with Crippen LogP contribution in [0, 0.1) is 5.41 Å². The van der Waals surface area contributed by atoms with Crippen molar-refractivity contribution in [1.29, 1.82) is 0 Å². The van der Waals surface area contributed by atoms with Gasteiger partial charge in [0, 0.05) is 55.2 Å². The number of pyridine rings is 1. The highest BCUT2D eigenvalue weighted by Crippen LogP contribution is 2.43. The number of likely N-dealkylation sites (tertiary alicyclic amines) is 1. The van der Waals surface area contributed by atoms with Gasteiger partial charge in [0.25, 0.3) is 0 Å². The Bertz CT molecular complexity index is 1730. The molecule has 3 atom stereocenters. The van der Waals surface area contributed by atoms with E-state index in [1.54, 1.807) is 52.1 Å². The highest BCUT2D eigenvalue weighted by molar-refractivity contribution is 5.93. The summed E-state index contributed by atoms with van der Waals surface area (Å²) in [5.41, 5.74) is 1.87. The standard InChI is InChI=1S/C37H49F3N4O7/c1-22(49-8)31-26(10-9-14-41-31)32-28(17-36(6,7)21-50-23(2)45)27-16-24(11-12-30(27)44(32)20-37(38,39)40)25-13-15-43(18-25)19-29(33(46)47)42-34(48)51-35(3,4)5/h9-12,14,16,22,25,29H,13,15,17-21H2,1-8H3,(H,42,48)(H,46,47)/t22-,25?,29-/m0/s1. The average molecular weight is 719 g/mol. The number of amides is 1. The summed E-state index contributed by atoms with van der Waals surface area (Å²) in [6.07, 6.45) is -3.35. The lowest BCUT2D eigenvalue weighted by molar-refractivity contribution is -0.144. The minimum Gasteiger partial charge on any atom is -0.480 e. The number of carboxylic acids is 1. The number of ether oxygens (including phenoxy) is 3. The highest BCUT2D eigenvalue weighted by atomic mass is 19.4. The summed E-state index contributed by atoms with van der Waals surface area (Å²) >= 11 is 0. The maximum atomic E-state index is 14.3. The van der Waals surface area contributed by atoms with Gasteiger partial charge in [-0.2, -0.15) is 13.2 Å². The van der Waals surface area contributed by atoms with E-state index in [9.17, 15) is 32.7 Å². The number of esters is 1. The minimum absolute atomic E-state index is 0.0517. The first-order valence-electron chi connectivity index (χ1n) is 17.0. The molecular formula is C37H49F3N4O7. The Morgan fingerprint density at radius 2 is 1.82 bits per heavy atom. The van der Waals surface area contributed by atoms with Crippen LogP contribution in [0.4, 0.5) is 18.0 Å². The molecule has 0 saturated carbocycles. The van der Waals surface area contributed by atoms with Crippen LogP contribution in [0.15, 0.2) is 36.5 Å². The predicted molar refractivity (Wildman–Crippen MR) is 185 cm³/mol. The van der Waals surface area contributed by atoms with Crippen LogP contribution in [0.1, 0.15) is 83.7 Å². The summed E-state index contributed by atoms with van der Waals surface area (Å²) < 4.78 is 60.5. The lowest BCUT2D eigenvalue weighted by Crippen LogP contribution is -2.49. The van der Waals surface area contributed by atoms with Crippen molar-refractivity contribution in [1.82, 2.24) is 19.8 Å². The van der Waals surface area contributed by atoms with Crippen LogP contribution in [-0.2, 0) is 36.8 Å². The SMILES string of the molecule is CO[C@@H](C)c1ncccc1-c1c(CC(C)(C)COC(C)=O)c2cc(C3CCN(C[C@H](NC(=O)OC(C)(C)C)C(=O)O)C3)ccc2n1CC(F)(F)F. The van der Waals surface area contributed by atoms with E-state index < -0.39 is 53.9 Å². The third-order valence-electron chi connectivity index (χ3n) is 8.86. The molecule has 3 heterocycles. The normalized spacial score (nSPS) is 17.0. The van der Waals surface area contributed by atoms with Crippen molar-refractivity contribution >= 4 is 28.9 Å². The molecule has 1 aliphatic heterocycles. The van der Waals surface area contributed by atoms with E-state index in [-0.39, 0.29) is 25.5 Å². The number of alkyl carbamates (subject to hydrolysis) is 1. The van der Waals surface area contributed by atoms with Gasteiger partial charge < -0.3 is 34.1 Å². The molecule has 1 aliphatic rings. The van der Waals surface area contributed by atoms with Gasteiger partial charge in [-0.1, -0.05) is 19.9 Å². The number of fused-ring (bicyclic) bond motifs is 1. The van der Waals surface area contributed by atoms with Gasteiger partial charge in [-0.25, -0.2) is 9.59 Å². The molecule has 14 heteroatoms. The molecule has 1 aromatic carbocycles. The van der Waals surface area contributed by atoms with Gasteiger partial charge in [-0.3, -0.25) is 9.78 Å².